The van der Waals surface area contributed by atoms with Gasteiger partial charge >= 0.3 is 0 Å². The van der Waals surface area contributed by atoms with E-state index in [9.17, 15) is 25.2 Å². The Labute approximate surface area is 92.5 Å². The maximum atomic E-state index is 11.0. The Kier molecular flexibility index (Phi) is 3.38. The highest BCUT2D eigenvalue weighted by Crippen LogP contribution is 2.26. The molecule has 0 aliphatic carbocycles. The van der Waals surface area contributed by atoms with Crippen LogP contribution in [0.5, 0.6) is 0 Å². The lowest BCUT2D eigenvalue weighted by molar-refractivity contribution is -0.358. The molecule has 1 rings (SSSR count). The predicted octanol–water partition coefficient (Wildman–Crippen LogP) is -3.76. The van der Waals surface area contributed by atoms with Crippen molar-refractivity contribution in [2.45, 2.75) is 37.3 Å². The third-order valence-corrected chi connectivity index (χ3v) is 2.26. The third kappa shape index (κ3) is 2.32. The molecule has 1 heterocycles. The number of aliphatic hydroxyl groups is 5. The van der Waals surface area contributed by atoms with E-state index < -0.39 is 42.8 Å². The standard InChI is InChI=1S/C8H15NO7/c1-3(11)9-8(15)7(14)6(13)5(12)4(2-10)16-8/h4-7,10,12-15H,2H2,1H3,(H,9,11)/t4-,5-,6+,7-,8?/m1/s1/i/hD. The van der Waals surface area contributed by atoms with Crippen molar-refractivity contribution in [2.24, 2.45) is 0 Å². The van der Waals surface area contributed by atoms with Crippen LogP contribution in [0, 0.1) is 0 Å². The smallest absolute Gasteiger partial charge is 0.279 e. The van der Waals surface area contributed by atoms with Crippen molar-refractivity contribution >= 4 is 5.91 Å². The SMILES string of the molecule is [2H]N(C(C)=O)C1(O)O[C@H](CO)[C@@H](O)[C@H](O)[C@H]1O. The molecular formula is C8H15NO7. The highest BCUT2D eigenvalue weighted by atomic mass is 16.7. The lowest BCUT2D eigenvalue weighted by Gasteiger charge is -2.44. The van der Waals surface area contributed by atoms with E-state index in [4.69, 9.17) is 11.3 Å². The van der Waals surface area contributed by atoms with Crippen LogP contribution in [-0.2, 0) is 9.53 Å². The van der Waals surface area contributed by atoms with Gasteiger partial charge in [0, 0.05) is 6.92 Å². The fourth-order valence-corrected chi connectivity index (χ4v) is 1.45. The van der Waals surface area contributed by atoms with Crippen molar-refractivity contribution in [1.82, 2.24) is 5.31 Å². The van der Waals surface area contributed by atoms with Crippen molar-refractivity contribution in [3.05, 3.63) is 0 Å². The highest BCUT2D eigenvalue weighted by molar-refractivity contribution is 5.73. The van der Waals surface area contributed by atoms with E-state index in [0.717, 1.165) is 6.92 Å². The Hall–Kier alpha value is -0.770. The molecule has 0 aromatic carbocycles. The van der Waals surface area contributed by atoms with Gasteiger partial charge in [-0.05, 0) is 0 Å². The first-order valence-electron chi connectivity index (χ1n) is 5.05. The fraction of sp³-hybridized carbons (Fsp3) is 0.875. The van der Waals surface area contributed by atoms with E-state index in [2.05, 4.69) is 0 Å². The molecule has 16 heavy (non-hydrogen) atoms. The molecule has 0 bridgehead atoms. The average molecular weight is 238 g/mol. The van der Waals surface area contributed by atoms with E-state index in [1.165, 1.54) is 0 Å². The Bertz CT molecular complexity index is 302. The number of hydrogen-bond donors (Lipinski definition) is 6. The predicted molar refractivity (Wildman–Crippen MR) is 48.7 cm³/mol. The number of hydrogen-bond acceptors (Lipinski definition) is 7. The number of aliphatic hydroxyl groups excluding tert-OH is 4. The topological polar surface area (TPSA) is 139 Å². The molecule has 94 valence electrons. The second kappa shape index (κ2) is 4.62. The molecule has 0 radical (unpaired) electrons. The minimum Gasteiger partial charge on any atom is -0.394 e. The summed E-state index contributed by atoms with van der Waals surface area (Å²) in [6, 6.07) is 0. The highest BCUT2D eigenvalue weighted by Gasteiger charge is 2.53. The zero-order valence-corrected chi connectivity index (χ0v) is 8.52. The molecule has 0 saturated carbocycles. The van der Waals surface area contributed by atoms with Gasteiger partial charge in [-0.3, -0.25) is 4.79 Å². The Morgan fingerprint density at radius 1 is 1.50 bits per heavy atom. The zero-order valence-electron chi connectivity index (χ0n) is 9.52. The van der Waals surface area contributed by atoms with Gasteiger partial charge in [0.1, 0.15) is 18.3 Å². The van der Waals surface area contributed by atoms with E-state index in [-0.39, 0.29) is 5.31 Å². The first kappa shape index (κ1) is 11.7. The summed E-state index contributed by atoms with van der Waals surface area (Å²) in [7, 11) is 0. The van der Waals surface area contributed by atoms with Crippen LogP contribution in [0.2, 0.25) is 1.41 Å². The average Bonchev–Trinajstić information content (AvgIpc) is 2.30. The monoisotopic (exact) mass is 238 g/mol. The van der Waals surface area contributed by atoms with E-state index in [1.54, 1.807) is 0 Å². The maximum Gasteiger partial charge on any atom is 0.279 e. The van der Waals surface area contributed by atoms with Crippen molar-refractivity contribution in [1.29, 1.82) is 0 Å². The molecule has 1 aliphatic heterocycles. The van der Waals surface area contributed by atoms with Crippen molar-refractivity contribution in [3.8, 4) is 0 Å². The normalized spacial score (nSPS) is 45.0. The number of carbonyl (C=O) groups excluding carboxylic acids is 1. The minimum atomic E-state index is -2.82. The molecule has 1 aliphatic rings. The van der Waals surface area contributed by atoms with Crippen LogP contribution in [0.25, 0.3) is 0 Å². The molecule has 0 aromatic rings. The van der Waals surface area contributed by atoms with Crippen LogP contribution in [0.1, 0.15) is 6.92 Å². The number of nitrogens with one attached hydrogen (secondary N) is 1. The quantitative estimate of drug-likeness (QED) is 0.271. The van der Waals surface area contributed by atoms with Crippen LogP contribution in [-0.4, -0.2) is 68.4 Å². The van der Waals surface area contributed by atoms with Crippen LogP contribution >= 0.6 is 0 Å². The zero-order chi connectivity index (χ0) is 13.4. The number of ether oxygens (including phenoxy) is 1. The summed E-state index contributed by atoms with van der Waals surface area (Å²) in [5, 5.41) is 47.0. The summed E-state index contributed by atoms with van der Waals surface area (Å²) < 4.78 is 11.9. The summed E-state index contributed by atoms with van der Waals surface area (Å²) in [4.78, 5) is 11.0. The third-order valence-electron chi connectivity index (χ3n) is 2.26. The summed E-state index contributed by atoms with van der Waals surface area (Å²) in [6.07, 6.45) is -7.03. The molecule has 8 nitrogen and oxygen atoms in total. The Balaban J connectivity index is 3.02. The summed E-state index contributed by atoms with van der Waals surface area (Å²) in [5.41, 5.74) is 0. The molecule has 1 fully saturated rings. The van der Waals surface area contributed by atoms with Gasteiger partial charge in [0.25, 0.3) is 5.91 Å². The lowest BCUT2D eigenvalue weighted by atomic mass is 9.96. The van der Waals surface area contributed by atoms with Crippen LogP contribution < -0.4 is 5.31 Å². The molecule has 0 aromatic heterocycles. The second-order valence-corrected chi connectivity index (χ2v) is 3.55. The van der Waals surface area contributed by atoms with Gasteiger partial charge in [-0.2, -0.15) is 0 Å². The van der Waals surface area contributed by atoms with Crippen LogP contribution in [0.3, 0.4) is 0 Å². The van der Waals surface area contributed by atoms with Crippen molar-refractivity contribution in [2.75, 3.05) is 6.61 Å². The molecule has 1 unspecified atom stereocenters. The number of carbonyl (C=O) groups is 1. The second-order valence-electron chi connectivity index (χ2n) is 3.55. The summed E-state index contributed by atoms with van der Waals surface area (Å²) in [6.45, 7) is 0.172. The van der Waals surface area contributed by atoms with Crippen LogP contribution in [0.4, 0.5) is 0 Å². The lowest BCUT2D eigenvalue weighted by Crippen LogP contribution is -2.71. The van der Waals surface area contributed by atoms with Gasteiger partial charge < -0.3 is 35.6 Å². The molecule has 0 spiro atoms. The van der Waals surface area contributed by atoms with Gasteiger partial charge in [0.15, 0.2) is 7.52 Å². The first-order chi connectivity index (χ1) is 7.75. The molecule has 5 atom stereocenters. The van der Waals surface area contributed by atoms with E-state index >= 15 is 0 Å². The van der Waals surface area contributed by atoms with Gasteiger partial charge in [0.05, 0.1) is 6.61 Å². The van der Waals surface area contributed by atoms with Gasteiger partial charge in [-0.1, -0.05) is 0 Å². The molecule has 8 heteroatoms. The fourth-order valence-electron chi connectivity index (χ4n) is 1.45. The molecular weight excluding hydrogens is 222 g/mol. The largest absolute Gasteiger partial charge is 0.394 e. The summed E-state index contributed by atoms with van der Waals surface area (Å²) >= 11 is 0. The van der Waals surface area contributed by atoms with E-state index in [1.807, 2.05) is 0 Å². The Morgan fingerprint density at radius 3 is 2.50 bits per heavy atom. The molecule has 6 N–H and O–H groups in total. The maximum absolute atomic E-state index is 11.0. The number of amides is 1. The van der Waals surface area contributed by atoms with Crippen molar-refractivity contribution in [3.63, 3.8) is 0 Å². The van der Waals surface area contributed by atoms with Gasteiger partial charge in [-0.15, -0.1) is 0 Å². The van der Waals surface area contributed by atoms with Crippen molar-refractivity contribution < 1.29 is 36.5 Å². The molecule has 1 saturated heterocycles. The molecule has 1 amide bonds. The minimum absolute atomic E-state index is 0.0740. The van der Waals surface area contributed by atoms with Crippen LogP contribution in [0.15, 0.2) is 0 Å². The number of rotatable bonds is 2. The van der Waals surface area contributed by atoms with Gasteiger partial charge in [0.2, 0.25) is 5.91 Å². The summed E-state index contributed by atoms with van der Waals surface area (Å²) in [5.74, 6) is -3.77. The van der Waals surface area contributed by atoms with Gasteiger partial charge in [-0.25, -0.2) is 0 Å². The van der Waals surface area contributed by atoms with E-state index in [0.29, 0.717) is 0 Å². The Morgan fingerprint density at radius 2 is 2.06 bits per heavy atom. The first-order valence-corrected chi connectivity index (χ1v) is 4.60.